The van der Waals surface area contributed by atoms with Crippen LogP contribution in [-0.4, -0.2) is 31.5 Å². The molecule has 2 rings (SSSR count). The quantitative estimate of drug-likeness (QED) is 0.685. The van der Waals surface area contributed by atoms with Crippen LogP contribution in [-0.2, 0) is 0 Å². The average Bonchev–Trinajstić information content (AvgIpc) is 2.71. The zero-order valence-corrected chi connectivity index (χ0v) is 13.3. The number of carbonyl (C=O) groups excluding carboxylic acids is 1. The fraction of sp³-hybridized carbons (Fsp3) is 0.562. The summed E-state index contributed by atoms with van der Waals surface area (Å²) in [6.45, 7) is 0. The first kappa shape index (κ1) is 16.0. The van der Waals surface area contributed by atoms with Gasteiger partial charge in [-0.1, -0.05) is 19.3 Å². The van der Waals surface area contributed by atoms with Crippen LogP contribution in [0.3, 0.4) is 0 Å². The lowest BCUT2D eigenvalue weighted by atomic mass is 10.1. The Morgan fingerprint density at radius 1 is 1.10 bits per heavy atom. The molecule has 1 aliphatic carbocycles. The van der Waals surface area contributed by atoms with E-state index in [1.165, 1.54) is 6.42 Å². The van der Waals surface area contributed by atoms with Crippen LogP contribution in [0.4, 0.5) is 0 Å². The summed E-state index contributed by atoms with van der Waals surface area (Å²) in [5, 5.41) is 3.05. The second-order valence-electron chi connectivity index (χ2n) is 5.34. The van der Waals surface area contributed by atoms with Gasteiger partial charge in [-0.2, -0.15) is 0 Å². The van der Waals surface area contributed by atoms with Crippen molar-refractivity contribution in [2.75, 3.05) is 14.2 Å². The lowest BCUT2D eigenvalue weighted by molar-refractivity contribution is 0.0933. The molecule has 1 aliphatic rings. The van der Waals surface area contributed by atoms with Crippen molar-refractivity contribution in [3.8, 4) is 11.5 Å². The van der Waals surface area contributed by atoms with Crippen molar-refractivity contribution < 1.29 is 14.3 Å². The lowest BCUT2D eigenvalue weighted by Crippen LogP contribution is -2.40. The first-order valence-electron chi connectivity index (χ1n) is 7.32. The Kier molecular flexibility index (Phi) is 5.74. The number of nitrogens with one attached hydrogen (secondary N) is 1. The van der Waals surface area contributed by atoms with E-state index < -0.39 is 0 Å². The molecule has 21 heavy (non-hydrogen) atoms. The molecule has 2 atom stereocenters. The predicted molar refractivity (Wildman–Crippen MR) is 83.5 cm³/mol. The van der Waals surface area contributed by atoms with E-state index >= 15 is 0 Å². The maximum atomic E-state index is 12.4. The molecular weight excluding hydrogens is 290 g/mol. The molecule has 0 heterocycles. The zero-order valence-electron chi connectivity index (χ0n) is 12.5. The number of halogens is 1. The van der Waals surface area contributed by atoms with Crippen molar-refractivity contribution in [3.05, 3.63) is 23.8 Å². The van der Waals surface area contributed by atoms with Crippen molar-refractivity contribution in [3.63, 3.8) is 0 Å². The van der Waals surface area contributed by atoms with Crippen LogP contribution in [0, 0.1) is 0 Å². The minimum absolute atomic E-state index is 0.00366. The molecule has 2 unspecified atom stereocenters. The fourth-order valence-corrected chi connectivity index (χ4v) is 2.96. The summed E-state index contributed by atoms with van der Waals surface area (Å²) < 4.78 is 10.4. The molecule has 1 N–H and O–H groups in total. The largest absolute Gasteiger partial charge is 0.497 e. The Morgan fingerprint density at radius 3 is 2.33 bits per heavy atom. The van der Waals surface area contributed by atoms with Crippen LogP contribution < -0.4 is 14.8 Å². The minimum Gasteiger partial charge on any atom is -0.497 e. The normalized spacial score (nSPS) is 22.2. The molecule has 0 bridgehead atoms. The summed E-state index contributed by atoms with van der Waals surface area (Å²) >= 11 is 6.37. The van der Waals surface area contributed by atoms with Gasteiger partial charge in [0.25, 0.3) is 5.91 Å². The molecule has 0 saturated heterocycles. The van der Waals surface area contributed by atoms with Gasteiger partial charge in [-0.05, 0) is 25.0 Å². The van der Waals surface area contributed by atoms with Crippen LogP contribution in [0.25, 0.3) is 0 Å². The number of ether oxygens (including phenoxy) is 2. The molecule has 1 aromatic rings. The molecule has 1 fully saturated rings. The van der Waals surface area contributed by atoms with Crippen molar-refractivity contribution in [1.82, 2.24) is 5.32 Å². The van der Waals surface area contributed by atoms with Crippen LogP contribution in [0.1, 0.15) is 42.5 Å². The maximum Gasteiger partial charge on any atom is 0.251 e. The SMILES string of the molecule is COc1cc(OC)cc(C(=O)NC2CCCCCC2Cl)c1. The number of methoxy groups -OCH3 is 2. The predicted octanol–water partition coefficient (Wildman–Crippen LogP) is 3.37. The third-order valence-corrected chi connectivity index (χ3v) is 4.38. The molecule has 1 saturated carbocycles. The van der Waals surface area contributed by atoms with E-state index in [1.54, 1.807) is 32.4 Å². The van der Waals surface area contributed by atoms with Gasteiger partial charge in [0, 0.05) is 17.7 Å². The summed E-state index contributed by atoms with van der Waals surface area (Å²) in [6.07, 6.45) is 5.31. The molecule has 4 nitrogen and oxygen atoms in total. The summed E-state index contributed by atoms with van der Waals surface area (Å²) in [7, 11) is 3.13. The maximum absolute atomic E-state index is 12.4. The number of benzene rings is 1. The van der Waals surface area contributed by atoms with Gasteiger partial charge in [0.05, 0.1) is 19.6 Å². The van der Waals surface area contributed by atoms with Gasteiger partial charge < -0.3 is 14.8 Å². The van der Waals surface area contributed by atoms with E-state index in [1.807, 2.05) is 0 Å². The summed E-state index contributed by atoms with van der Waals surface area (Å²) in [6, 6.07) is 5.18. The highest BCUT2D eigenvalue weighted by molar-refractivity contribution is 6.21. The number of hydrogen-bond donors (Lipinski definition) is 1. The van der Waals surface area contributed by atoms with Crippen molar-refractivity contribution in [2.24, 2.45) is 0 Å². The monoisotopic (exact) mass is 311 g/mol. The Morgan fingerprint density at radius 2 is 1.71 bits per heavy atom. The molecule has 1 aromatic carbocycles. The summed E-state index contributed by atoms with van der Waals surface area (Å²) in [5.41, 5.74) is 0.527. The molecular formula is C16H22ClNO3. The first-order chi connectivity index (χ1) is 10.1. The molecule has 1 amide bonds. The number of amides is 1. The third-order valence-electron chi connectivity index (χ3n) is 3.86. The van der Waals surface area contributed by atoms with Gasteiger partial charge in [0.15, 0.2) is 0 Å². The molecule has 0 spiro atoms. The molecule has 5 heteroatoms. The third kappa shape index (κ3) is 4.27. The van der Waals surface area contributed by atoms with Crippen molar-refractivity contribution in [2.45, 2.75) is 43.5 Å². The van der Waals surface area contributed by atoms with Crippen LogP contribution in [0.5, 0.6) is 11.5 Å². The highest BCUT2D eigenvalue weighted by Crippen LogP contribution is 2.25. The van der Waals surface area contributed by atoms with Gasteiger partial charge in [-0.25, -0.2) is 0 Å². The number of rotatable bonds is 4. The number of alkyl halides is 1. The van der Waals surface area contributed by atoms with E-state index in [-0.39, 0.29) is 17.3 Å². The van der Waals surface area contributed by atoms with Crippen molar-refractivity contribution >= 4 is 17.5 Å². The number of carbonyl (C=O) groups is 1. The van der Waals surface area contributed by atoms with Gasteiger partial charge in [0.1, 0.15) is 11.5 Å². The van der Waals surface area contributed by atoms with Gasteiger partial charge in [-0.15, -0.1) is 11.6 Å². The average molecular weight is 312 g/mol. The first-order valence-corrected chi connectivity index (χ1v) is 7.75. The van der Waals surface area contributed by atoms with E-state index in [0.717, 1.165) is 25.7 Å². The second-order valence-corrected chi connectivity index (χ2v) is 5.90. The van der Waals surface area contributed by atoms with Crippen molar-refractivity contribution in [1.29, 1.82) is 0 Å². The van der Waals surface area contributed by atoms with Crippen LogP contribution in [0.15, 0.2) is 18.2 Å². The molecule has 0 aliphatic heterocycles. The minimum atomic E-state index is -0.134. The highest BCUT2D eigenvalue weighted by atomic mass is 35.5. The van der Waals surface area contributed by atoms with E-state index in [9.17, 15) is 4.79 Å². The lowest BCUT2D eigenvalue weighted by Gasteiger charge is -2.21. The highest BCUT2D eigenvalue weighted by Gasteiger charge is 2.24. The smallest absolute Gasteiger partial charge is 0.251 e. The molecule has 0 radical (unpaired) electrons. The van der Waals surface area contributed by atoms with Gasteiger partial charge in [0.2, 0.25) is 0 Å². The second kappa shape index (κ2) is 7.55. The van der Waals surface area contributed by atoms with E-state index in [4.69, 9.17) is 21.1 Å². The number of hydrogen-bond acceptors (Lipinski definition) is 3. The van der Waals surface area contributed by atoms with E-state index in [0.29, 0.717) is 17.1 Å². The summed E-state index contributed by atoms with van der Waals surface area (Å²) in [5.74, 6) is 1.07. The van der Waals surface area contributed by atoms with Crippen LogP contribution >= 0.6 is 11.6 Å². The van der Waals surface area contributed by atoms with E-state index in [2.05, 4.69) is 5.32 Å². The Balaban J connectivity index is 2.11. The standard InChI is InChI=1S/C16H22ClNO3/c1-20-12-8-11(9-13(10-12)21-2)16(19)18-15-7-5-3-4-6-14(15)17/h8-10,14-15H,3-7H2,1-2H3,(H,18,19). The Labute approximate surface area is 130 Å². The zero-order chi connectivity index (χ0) is 15.2. The summed E-state index contributed by atoms with van der Waals surface area (Å²) in [4.78, 5) is 12.4. The Hall–Kier alpha value is -1.42. The molecule has 116 valence electrons. The van der Waals surface area contributed by atoms with Gasteiger partial charge in [-0.3, -0.25) is 4.79 Å². The van der Waals surface area contributed by atoms with Gasteiger partial charge >= 0.3 is 0 Å². The topological polar surface area (TPSA) is 47.6 Å². The molecule has 0 aromatic heterocycles. The Bertz CT molecular complexity index is 470. The van der Waals surface area contributed by atoms with Crippen LogP contribution in [0.2, 0.25) is 0 Å². The fourth-order valence-electron chi connectivity index (χ4n) is 2.62.